The van der Waals surface area contributed by atoms with Crippen molar-refractivity contribution < 1.29 is 31.3 Å². The molecule has 6 heteroatoms. The third-order valence-corrected chi connectivity index (χ3v) is 1.57. The highest BCUT2D eigenvalue weighted by atomic mass is 16.6. The number of hydrogen-bond donors (Lipinski definition) is 0. The van der Waals surface area contributed by atoms with Crippen molar-refractivity contribution in [2.45, 2.75) is 39.7 Å². The van der Waals surface area contributed by atoms with Gasteiger partial charge in [-0.15, -0.1) is 0 Å². The van der Waals surface area contributed by atoms with E-state index in [0.29, 0.717) is 0 Å². The lowest BCUT2D eigenvalue weighted by molar-refractivity contribution is -0.166. The number of carbonyl (C=O) groups excluding carboxylic acids is 3. The maximum Gasteiger partial charge on any atom is 0.347 e. The summed E-state index contributed by atoms with van der Waals surface area (Å²) < 4.78 is 28.7. The average molecular weight is 248 g/mol. The van der Waals surface area contributed by atoms with Crippen LogP contribution in [-0.2, 0) is 28.6 Å². The van der Waals surface area contributed by atoms with E-state index in [4.69, 9.17) is 7.48 Å². The number of carbonyl (C=O) groups is 3. The molecule has 0 fully saturated rings. The van der Waals surface area contributed by atoms with E-state index in [1.807, 2.05) is 0 Å². The van der Waals surface area contributed by atoms with Crippen molar-refractivity contribution in [3.63, 3.8) is 0 Å². The van der Waals surface area contributed by atoms with Crippen LogP contribution in [-0.4, -0.2) is 37.2 Å². The third kappa shape index (κ3) is 8.24. The third-order valence-electron chi connectivity index (χ3n) is 1.57. The molecule has 0 aliphatic heterocycles. The van der Waals surface area contributed by atoms with E-state index >= 15 is 0 Å². The lowest BCUT2D eigenvalue weighted by atomic mass is 10.3. The Balaban J connectivity index is 4.22. The van der Waals surface area contributed by atoms with Crippen molar-refractivity contribution in [3.8, 4) is 0 Å². The van der Waals surface area contributed by atoms with Gasteiger partial charge in [0.05, 0.1) is 13.2 Å². The van der Waals surface area contributed by atoms with E-state index in [1.54, 1.807) is 6.92 Å². The quantitative estimate of drug-likeness (QED) is 0.490. The summed E-state index contributed by atoms with van der Waals surface area (Å²) >= 11 is 0. The Hall–Kier alpha value is -1.59. The number of ether oxygens (including phenoxy) is 3. The maximum atomic E-state index is 11.4. The smallest absolute Gasteiger partial charge is 0.347 e. The van der Waals surface area contributed by atoms with Gasteiger partial charge >= 0.3 is 17.9 Å². The van der Waals surface area contributed by atoms with Crippen molar-refractivity contribution in [1.29, 1.82) is 0 Å². The molecule has 17 heavy (non-hydrogen) atoms. The normalized spacial score (nSPS) is 14.1. The first kappa shape index (κ1) is 11.9. The minimum absolute atomic E-state index is 0.161. The first-order valence-corrected chi connectivity index (χ1v) is 5.17. The standard InChI is InChI=1S/C11H18O6/c1-4-15-11(14)8(2)17-10(13)6-5-7-16-9(3)12/h8H,4-7H2,1-3H3/t8-/m0/s1/i5D2. The summed E-state index contributed by atoms with van der Waals surface area (Å²) in [5.74, 6) is -2.24. The van der Waals surface area contributed by atoms with Crippen LogP contribution in [0.5, 0.6) is 0 Å². The number of hydrogen-bond acceptors (Lipinski definition) is 6. The monoisotopic (exact) mass is 248 g/mol. The molecule has 0 saturated carbocycles. The molecule has 0 N–H and O–H groups in total. The van der Waals surface area contributed by atoms with Crippen LogP contribution in [0, 0.1) is 0 Å². The molecule has 0 bridgehead atoms. The Kier molecular flexibility index (Phi) is 5.98. The first-order valence-electron chi connectivity index (χ1n) is 6.17. The van der Waals surface area contributed by atoms with Crippen LogP contribution < -0.4 is 0 Å². The largest absolute Gasteiger partial charge is 0.466 e. The summed E-state index contributed by atoms with van der Waals surface area (Å²) in [5.41, 5.74) is 0. The molecule has 0 unspecified atom stereocenters. The summed E-state index contributed by atoms with van der Waals surface area (Å²) in [6, 6.07) is 0. The minimum atomic E-state index is -2.04. The van der Waals surface area contributed by atoms with Crippen LogP contribution in [0.2, 0.25) is 0 Å². The van der Waals surface area contributed by atoms with Gasteiger partial charge in [0.1, 0.15) is 0 Å². The van der Waals surface area contributed by atoms with E-state index in [2.05, 4.69) is 9.47 Å². The minimum Gasteiger partial charge on any atom is -0.466 e. The second-order valence-electron chi connectivity index (χ2n) is 3.09. The Morgan fingerprint density at radius 3 is 2.47 bits per heavy atom. The molecule has 0 aliphatic rings. The van der Waals surface area contributed by atoms with Crippen LogP contribution in [0.3, 0.4) is 0 Å². The van der Waals surface area contributed by atoms with E-state index in [0.717, 1.165) is 6.92 Å². The van der Waals surface area contributed by atoms with Gasteiger partial charge in [-0.25, -0.2) is 4.79 Å². The van der Waals surface area contributed by atoms with E-state index < -0.39 is 43.4 Å². The summed E-state index contributed by atoms with van der Waals surface area (Å²) in [7, 11) is 0. The van der Waals surface area contributed by atoms with E-state index in [1.165, 1.54) is 6.92 Å². The summed E-state index contributed by atoms with van der Waals surface area (Å²) in [6.45, 7) is 3.69. The molecule has 98 valence electrons. The molecule has 0 rings (SSSR count). The highest BCUT2D eigenvalue weighted by Gasteiger charge is 2.18. The van der Waals surface area contributed by atoms with Crippen molar-refractivity contribution in [1.82, 2.24) is 0 Å². The molecule has 0 saturated heterocycles. The first-order chi connectivity index (χ1) is 8.68. The molecule has 6 nitrogen and oxygen atoms in total. The topological polar surface area (TPSA) is 78.9 Å². The Bertz CT molecular complexity index is 342. The van der Waals surface area contributed by atoms with Gasteiger partial charge < -0.3 is 14.2 Å². The fourth-order valence-corrected chi connectivity index (χ4v) is 0.852. The second kappa shape index (κ2) is 8.55. The molecule has 0 aromatic carbocycles. The van der Waals surface area contributed by atoms with Crippen molar-refractivity contribution in [3.05, 3.63) is 0 Å². The van der Waals surface area contributed by atoms with Gasteiger partial charge in [0.15, 0.2) is 6.10 Å². The van der Waals surface area contributed by atoms with Crippen LogP contribution in [0.4, 0.5) is 0 Å². The van der Waals surface area contributed by atoms with Gasteiger partial charge in [0.25, 0.3) is 0 Å². The molecule has 0 aliphatic carbocycles. The second-order valence-corrected chi connectivity index (χ2v) is 3.09. The van der Waals surface area contributed by atoms with Crippen LogP contribution >= 0.6 is 0 Å². The molecule has 0 heterocycles. The molecule has 0 radical (unpaired) electrons. The zero-order valence-electron chi connectivity index (χ0n) is 12.1. The van der Waals surface area contributed by atoms with E-state index in [-0.39, 0.29) is 6.61 Å². The molecular formula is C11H18O6. The predicted molar refractivity (Wildman–Crippen MR) is 58.1 cm³/mol. The van der Waals surface area contributed by atoms with Gasteiger partial charge in [-0.1, -0.05) is 0 Å². The zero-order chi connectivity index (χ0) is 15.1. The Morgan fingerprint density at radius 2 is 1.94 bits per heavy atom. The zero-order valence-corrected chi connectivity index (χ0v) is 10.1. The van der Waals surface area contributed by atoms with Crippen molar-refractivity contribution in [2.75, 3.05) is 13.2 Å². The fourth-order valence-electron chi connectivity index (χ4n) is 0.852. The SMILES string of the molecule is [2H]C([2H])(COC(C)=O)CC(=O)O[C@@H](C)C(=O)OCC. The lowest BCUT2D eigenvalue weighted by Crippen LogP contribution is -2.26. The van der Waals surface area contributed by atoms with E-state index in [9.17, 15) is 14.4 Å². The molecule has 0 spiro atoms. The van der Waals surface area contributed by atoms with Gasteiger partial charge in [-0.05, 0) is 20.2 Å². The highest BCUT2D eigenvalue weighted by molar-refractivity contribution is 5.78. The summed E-state index contributed by atoms with van der Waals surface area (Å²) in [6.07, 6.45) is -3.77. The van der Waals surface area contributed by atoms with Crippen molar-refractivity contribution in [2.24, 2.45) is 0 Å². The Labute approximate surface area is 103 Å². The molecule has 0 aromatic heterocycles. The molecule has 0 aromatic rings. The number of esters is 3. The molecule has 1 atom stereocenters. The van der Waals surface area contributed by atoms with Gasteiger partial charge in [-0.3, -0.25) is 9.59 Å². The van der Waals surface area contributed by atoms with Crippen LogP contribution in [0.15, 0.2) is 0 Å². The number of rotatable bonds is 7. The van der Waals surface area contributed by atoms with Crippen molar-refractivity contribution >= 4 is 17.9 Å². The fraction of sp³-hybridized carbons (Fsp3) is 0.727. The summed E-state index contributed by atoms with van der Waals surface area (Å²) in [5, 5.41) is 0. The summed E-state index contributed by atoms with van der Waals surface area (Å²) in [4.78, 5) is 33.2. The van der Waals surface area contributed by atoms with Crippen LogP contribution in [0.1, 0.15) is 36.3 Å². The molecule has 0 amide bonds. The maximum absolute atomic E-state index is 11.4. The predicted octanol–water partition coefficient (Wildman–Crippen LogP) is 0.825. The van der Waals surface area contributed by atoms with Crippen LogP contribution in [0.25, 0.3) is 0 Å². The average Bonchev–Trinajstić information content (AvgIpc) is 2.26. The van der Waals surface area contributed by atoms with Gasteiger partial charge in [0, 0.05) is 16.1 Å². The van der Waals surface area contributed by atoms with Gasteiger partial charge in [0.2, 0.25) is 0 Å². The Morgan fingerprint density at radius 1 is 1.29 bits per heavy atom. The lowest BCUT2D eigenvalue weighted by Gasteiger charge is -2.11. The van der Waals surface area contributed by atoms with Gasteiger partial charge in [-0.2, -0.15) is 0 Å². The highest BCUT2D eigenvalue weighted by Crippen LogP contribution is 2.00. The molecular weight excluding hydrogens is 228 g/mol.